The van der Waals surface area contributed by atoms with Gasteiger partial charge in [0.2, 0.25) is 0 Å². The molecule has 0 saturated heterocycles. The summed E-state index contributed by atoms with van der Waals surface area (Å²) < 4.78 is 0. The molecule has 0 amide bonds. The number of hydrogen-bond acceptors (Lipinski definition) is 6. The molecule has 94 valence electrons. The van der Waals surface area contributed by atoms with E-state index in [9.17, 15) is 4.79 Å². The Hall–Kier alpha value is -0.690. The monoisotopic (exact) mass is 231 g/mol. The van der Waals surface area contributed by atoms with Crippen LogP contribution in [0.4, 0.5) is 0 Å². The highest BCUT2D eigenvalue weighted by Crippen LogP contribution is 2.24. The van der Waals surface area contributed by atoms with Crippen LogP contribution in [0.25, 0.3) is 0 Å². The summed E-state index contributed by atoms with van der Waals surface area (Å²) in [5.41, 5.74) is 1.88. The third kappa shape index (κ3) is 4.44. The second kappa shape index (κ2) is 7.56. The number of aliphatic hydroxyl groups excluding tert-OH is 1. The van der Waals surface area contributed by atoms with Gasteiger partial charge in [-0.3, -0.25) is 9.69 Å². The highest BCUT2D eigenvalue weighted by Gasteiger charge is 2.24. The van der Waals surface area contributed by atoms with Crippen LogP contribution in [-0.4, -0.2) is 41.7 Å². The molecule has 0 aliphatic heterocycles. The van der Waals surface area contributed by atoms with Gasteiger partial charge in [0.25, 0.3) is 0 Å². The van der Waals surface area contributed by atoms with Gasteiger partial charge >= 0.3 is 5.97 Å². The summed E-state index contributed by atoms with van der Waals surface area (Å²) in [4.78, 5) is 17.8. The van der Waals surface area contributed by atoms with Gasteiger partial charge in [0.15, 0.2) is 0 Å². The zero-order chi connectivity index (χ0) is 11.8. The van der Waals surface area contributed by atoms with E-state index < -0.39 is 0 Å². The van der Waals surface area contributed by atoms with E-state index >= 15 is 0 Å². The smallest absolute Gasteiger partial charge is 0.327 e. The highest BCUT2D eigenvalue weighted by atomic mass is 16.7. The predicted octanol–water partition coefficient (Wildman–Crippen LogP) is -0.465. The molecule has 1 rings (SSSR count). The Morgan fingerprint density at radius 1 is 1.50 bits per heavy atom. The van der Waals surface area contributed by atoms with Crippen LogP contribution in [0.1, 0.15) is 32.1 Å². The van der Waals surface area contributed by atoms with E-state index in [4.69, 9.17) is 10.9 Å². The first-order valence-corrected chi connectivity index (χ1v) is 5.78. The van der Waals surface area contributed by atoms with Gasteiger partial charge in [-0.25, -0.2) is 5.84 Å². The maximum absolute atomic E-state index is 11.1. The lowest BCUT2D eigenvalue weighted by molar-refractivity contribution is -0.151. The zero-order valence-electron chi connectivity index (χ0n) is 9.52. The molecule has 0 aromatic rings. The summed E-state index contributed by atoms with van der Waals surface area (Å²) in [6.45, 7) is 1.70. The van der Waals surface area contributed by atoms with E-state index in [1.165, 1.54) is 19.3 Å². The predicted molar refractivity (Wildman–Crippen MR) is 58.9 cm³/mol. The number of carbonyl (C=O) groups is 1. The Kier molecular flexibility index (Phi) is 6.32. The molecule has 1 aliphatic carbocycles. The molecule has 6 heteroatoms. The van der Waals surface area contributed by atoms with Crippen molar-refractivity contribution in [2.24, 2.45) is 5.84 Å². The minimum atomic E-state index is -0.351. The molecule has 0 radical (unpaired) electrons. The normalized spacial score (nSPS) is 16.2. The summed E-state index contributed by atoms with van der Waals surface area (Å²) in [5.74, 6) is 4.52. The van der Waals surface area contributed by atoms with Crippen molar-refractivity contribution in [1.82, 2.24) is 10.5 Å². The third-order valence-electron chi connectivity index (χ3n) is 2.97. The quantitative estimate of drug-likeness (QED) is 0.387. The standard InChI is InChI=1S/C10H21N3O3/c11-12-16-10(15)5-7-13(6-2-8-14)9-3-1-4-9/h9,12,14H,1-8,11H2. The number of nitrogens with one attached hydrogen (secondary N) is 1. The minimum Gasteiger partial charge on any atom is -0.396 e. The average molecular weight is 231 g/mol. The largest absolute Gasteiger partial charge is 0.396 e. The van der Waals surface area contributed by atoms with Crippen molar-refractivity contribution in [3.63, 3.8) is 0 Å². The summed E-state index contributed by atoms with van der Waals surface area (Å²) in [5, 5.41) is 8.80. The van der Waals surface area contributed by atoms with Crippen molar-refractivity contribution in [1.29, 1.82) is 0 Å². The summed E-state index contributed by atoms with van der Waals surface area (Å²) in [6.07, 6.45) is 4.72. The molecule has 0 heterocycles. The number of nitrogens with two attached hydrogens (primary N) is 1. The molecule has 4 N–H and O–H groups in total. The zero-order valence-corrected chi connectivity index (χ0v) is 9.52. The van der Waals surface area contributed by atoms with E-state index in [0.29, 0.717) is 19.0 Å². The van der Waals surface area contributed by atoms with Crippen molar-refractivity contribution in [3.05, 3.63) is 0 Å². The molecule has 0 unspecified atom stereocenters. The molecule has 0 aromatic heterocycles. The topological polar surface area (TPSA) is 87.8 Å². The van der Waals surface area contributed by atoms with Crippen molar-refractivity contribution in [2.45, 2.75) is 38.1 Å². The van der Waals surface area contributed by atoms with Crippen LogP contribution < -0.4 is 11.4 Å². The Bertz CT molecular complexity index is 209. The van der Waals surface area contributed by atoms with Gasteiger partial charge in [-0.2, -0.15) is 0 Å². The summed E-state index contributed by atoms with van der Waals surface area (Å²) >= 11 is 0. The first kappa shape index (κ1) is 13.4. The fourth-order valence-corrected chi connectivity index (χ4v) is 1.85. The second-order valence-corrected chi connectivity index (χ2v) is 4.04. The van der Waals surface area contributed by atoms with Crippen LogP contribution in [0.2, 0.25) is 0 Å². The molecule has 1 aliphatic rings. The van der Waals surface area contributed by atoms with Gasteiger partial charge in [-0.1, -0.05) is 12.0 Å². The lowest BCUT2D eigenvalue weighted by atomic mass is 9.91. The van der Waals surface area contributed by atoms with Crippen LogP contribution in [0.15, 0.2) is 0 Å². The fourth-order valence-electron chi connectivity index (χ4n) is 1.85. The maximum atomic E-state index is 11.1. The molecule has 6 nitrogen and oxygen atoms in total. The van der Waals surface area contributed by atoms with Crippen molar-refractivity contribution >= 4 is 5.97 Å². The van der Waals surface area contributed by atoms with Crippen LogP contribution >= 0.6 is 0 Å². The number of aliphatic hydroxyl groups is 1. The second-order valence-electron chi connectivity index (χ2n) is 4.04. The average Bonchev–Trinajstić information content (AvgIpc) is 2.19. The van der Waals surface area contributed by atoms with E-state index in [1.807, 2.05) is 5.59 Å². The molecular weight excluding hydrogens is 210 g/mol. The highest BCUT2D eigenvalue weighted by molar-refractivity contribution is 5.69. The van der Waals surface area contributed by atoms with Crippen LogP contribution in [0, 0.1) is 0 Å². The molecule has 0 aromatic carbocycles. The van der Waals surface area contributed by atoms with Crippen molar-refractivity contribution in [3.8, 4) is 0 Å². The third-order valence-corrected chi connectivity index (χ3v) is 2.97. The first-order valence-electron chi connectivity index (χ1n) is 5.78. The van der Waals surface area contributed by atoms with Gasteiger partial charge in [-0.15, -0.1) is 0 Å². The Balaban J connectivity index is 2.23. The Morgan fingerprint density at radius 3 is 2.75 bits per heavy atom. The first-order chi connectivity index (χ1) is 7.77. The Labute approximate surface area is 95.7 Å². The molecule has 0 bridgehead atoms. The molecule has 1 fully saturated rings. The number of nitrogens with zero attached hydrogens (tertiary/aromatic N) is 1. The van der Waals surface area contributed by atoms with E-state index in [-0.39, 0.29) is 12.6 Å². The minimum absolute atomic E-state index is 0.192. The fraction of sp³-hybridized carbons (Fsp3) is 0.900. The van der Waals surface area contributed by atoms with Gasteiger partial charge in [0, 0.05) is 25.7 Å². The van der Waals surface area contributed by atoms with Crippen LogP contribution in [0.5, 0.6) is 0 Å². The molecule has 0 atom stereocenters. The van der Waals surface area contributed by atoms with Crippen molar-refractivity contribution < 1.29 is 14.7 Å². The molecule has 0 spiro atoms. The van der Waals surface area contributed by atoms with E-state index in [0.717, 1.165) is 13.0 Å². The summed E-state index contributed by atoms with van der Waals surface area (Å²) in [7, 11) is 0. The Morgan fingerprint density at radius 2 is 2.25 bits per heavy atom. The lowest BCUT2D eigenvalue weighted by Gasteiger charge is -2.37. The van der Waals surface area contributed by atoms with E-state index in [1.54, 1.807) is 0 Å². The van der Waals surface area contributed by atoms with Crippen LogP contribution in [-0.2, 0) is 9.63 Å². The number of hydrogen-bond donors (Lipinski definition) is 3. The van der Waals surface area contributed by atoms with Gasteiger partial charge in [0.1, 0.15) is 0 Å². The summed E-state index contributed by atoms with van der Waals surface area (Å²) in [6, 6.07) is 0.574. The van der Waals surface area contributed by atoms with Gasteiger partial charge in [0.05, 0.1) is 6.42 Å². The number of rotatable bonds is 8. The lowest BCUT2D eigenvalue weighted by Crippen LogP contribution is -2.42. The van der Waals surface area contributed by atoms with Crippen LogP contribution in [0.3, 0.4) is 0 Å². The maximum Gasteiger partial charge on any atom is 0.327 e. The molecule has 16 heavy (non-hydrogen) atoms. The van der Waals surface area contributed by atoms with Gasteiger partial charge in [-0.05, 0) is 19.3 Å². The number of hydrazine groups is 1. The molecular formula is C10H21N3O3. The number of carbonyl (C=O) groups excluding carboxylic acids is 1. The molecule has 1 saturated carbocycles. The van der Waals surface area contributed by atoms with E-state index in [2.05, 4.69) is 9.74 Å². The van der Waals surface area contributed by atoms with Crippen molar-refractivity contribution in [2.75, 3.05) is 19.7 Å². The SMILES string of the molecule is NNOC(=O)CCN(CCCO)C1CCC1. The van der Waals surface area contributed by atoms with Gasteiger partial charge < -0.3 is 9.94 Å².